The number of carbonyl (C=O) groups excluding carboxylic acids is 1. The number of sulfonamides is 1. The number of anilines is 2. The summed E-state index contributed by atoms with van der Waals surface area (Å²) in [5.74, 6) is -0.0622. The third-order valence-electron chi connectivity index (χ3n) is 4.65. The molecule has 1 amide bonds. The summed E-state index contributed by atoms with van der Waals surface area (Å²) in [5, 5.41) is 7.03. The summed E-state index contributed by atoms with van der Waals surface area (Å²) in [5.41, 5.74) is 2.90. The van der Waals surface area contributed by atoms with Gasteiger partial charge in [-0.1, -0.05) is 13.8 Å². The monoisotopic (exact) mass is 362 g/mol. The molecule has 1 aromatic carbocycles. The van der Waals surface area contributed by atoms with Gasteiger partial charge in [0.2, 0.25) is 5.91 Å². The van der Waals surface area contributed by atoms with Crippen LogP contribution in [0.25, 0.3) is 0 Å². The van der Waals surface area contributed by atoms with Crippen LogP contribution in [0.4, 0.5) is 11.4 Å². The van der Waals surface area contributed by atoms with E-state index in [4.69, 9.17) is 0 Å². The van der Waals surface area contributed by atoms with Crippen molar-refractivity contribution in [3.63, 3.8) is 0 Å². The van der Waals surface area contributed by atoms with Crippen LogP contribution in [0.3, 0.4) is 0 Å². The summed E-state index contributed by atoms with van der Waals surface area (Å²) in [6, 6.07) is 4.79. The van der Waals surface area contributed by atoms with Gasteiger partial charge in [-0.2, -0.15) is 5.10 Å². The van der Waals surface area contributed by atoms with Crippen LogP contribution in [0.1, 0.15) is 37.2 Å². The zero-order valence-electron chi connectivity index (χ0n) is 15.0. The number of hydrogen-bond acceptors (Lipinski definition) is 4. The van der Waals surface area contributed by atoms with E-state index in [0.717, 1.165) is 11.3 Å². The van der Waals surface area contributed by atoms with Crippen molar-refractivity contribution in [3.05, 3.63) is 35.2 Å². The molecule has 134 valence electrons. The van der Waals surface area contributed by atoms with Crippen LogP contribution < -0.4 is 10.0 Å². The number of carbonyl (C=O) groups is 1. The molecule has 1 aromatic heterocycles. The molecule has 0 bridgehead atoms. The lowest BCUT2D eigenvalue weighted by Gasteiger charge is -2.32. The quantitative estimate of drug-likeness (QED) is 0.877. The zero-order valence-corrected chi connectivity index (χ0v) is 15.8. The van der Waals surface area contributed by atoms with E-state index in [-0.39, 0.29) is 10.8 Å². The van der Waals surface area contributed by atoms with Crippen molar-refractivity contribution in [2.45, 2.75) is 44.4 Å². The van der Waals surface area contributed by atoms with Gasteiger partial charge in [0.05, 0.1) is 22.0 Å². The maximum atomic E-state index is 12.8. The summed E-state index contributed by atoms with van der Waals surface area (Å²) < 4.78 is 30.0. The fraction of sp³-hybridized carbons (Fsp3) is 0.412. The van der Waals surface area contributed by atoms with Crippen LogP contribution in [-0.2, 0) is 27.3 Å². The number of fused-ring (bicyclic) bond motifs is 1. The van der Waals surface area contributed by atoms with E-state index < -0.39 is 15.4 Å². The minimum absolute atomic E-state index is 0.0622. The highest BCUT2D eigenvalue weighted by Crippen LogP contribution is 2.38. The molecule has 0 atom stereocenters. The lowest BCUT2D eigenvalue weighted by molar-refractivity contribution is -0.117. The number of aryl methyl sites for hydroxylation is 2. The van der Waals surface area contributed by atoms with Crippen molar-refractivity contribution in [1.29, 1.82) is 0 Å². The molecule has 0 saturated carbocycles. The second-order valence-electron chi connectivity index (χ2n) is 7.09. The second kappa shape index (κ2) is 5.59. The van der Waals surface area contributed by atoms with E-state index in [1.165, 1.54) is 6.07 Å². The number of rotatable bonds is 3. The van der Waals surface area contributed by atoms with E-state index >= 15 is 0 Å². The number of nitrogens with zero attached hydrogens (tertiary/aromatic N) is 2. The molecule has 3 rings (SSSR count). The van der Waals surface area contributed by atoms with Crippen molar-refractivity contribution >= 4 is 27.3 Å². The van der Waals surface area contributed by atoms with Crippen LogP contribution in [0, 0.1) is 13.8 Å². The Bertz CT molecular complexity index is 974. The predicted octanol–water partition coefficient (Wildman–Crippen LogP) is 2.46. The first-order valence-corrected chi connectivity index (χ1v) is 9.47. The van der Waals surface area contributed by atoms with Gasteiger partial charge in [-0.15, -0.1) is 0 Å². The van der Waals surface area contributed by atoms with E-state index in [1.54, 1.807) is 30.8 Å². The van der Waals surface area contributed by atoms with Crippen molar-refractivity contribution < 1.29 is 13.2 Å². The molecular formula is C17H22N4O3S. The molecule has 1 aliphatic heterocycles. The standard InChI is InChI=1S/C17H22N4O3S/c1-10-16(11(2)21(5)19-10)20-25(23,24)12-6-7-14-13(8-12)17(3,4)9-15(22)18-14/h6-8,20H,9H2,1-5H3,(H,18,22). The first-order chi connectivity index (χ1) is 11.5. The highest BCUT2D eigenvalue weighted by molar-refractivity contribution is 7.92. The van der Waals surface area contributed by atoms with Gasteiger partial charge >= 0.3 is 0 Å². The minimum Gasteiger partial charge on any atom is -0.326 e. The first kappa shape index (κ1) is 17.5. The second-order valence-corrected chi connectivity index (χ2v) is 8.77. The van der Waals surface area contributed by atoms with Gasteiger partial charge in [0.25, 0.3) is 10.0 Å². The molecule has 2 heterocycles. The Hall–Kier alpha value is -2.35. The molecule has 0 unspecified atom stereocenters. The van der Waals surface area contributed by atoms with Gasteiger partial charge in [0, 0.05) is 24.6 Å². The Kier molecular flexibility index (Phi) is 3.90. The smallest absolute Gasteiger partial charge is 0.262 e. The molecule has 2 aromatic rings. The van der Waals surface area contributed by atoms with Crippen LogP contribution in [0.5, 0.6) is 0 Å². The van der Waals surface area contributed by atoms with Crippen molar-refractivity contribution in [2.75, 3.05) is 10.0 Å². The van der Waals surface area contributed by atoms with E-state index in [2.05, 4.69) is 15.1 Å². The third-order valence-corrected chi connectivity index (χ3v) is 6.00. The molecular weight excluding hydrogens is 340 g/mol. The average Bonchev–Trinajstić information content (AvgIpc) is 2.72. The topological polar surface area (TPSA) is 93.1 Å². The Morgan fingerprint density at radius 1 is 1.28 bits per heavy atom. The lowest BCUT2D eigenvalue weighted by Crippen LogP contribution is -2.32. The van der Waals surface area contributed by atoms with Gasteiger partial charge in [0.1, 0.15) is 0 Å². The predicted molar refractivity (Wildman–Crippen MR) is 96.2 cm³/mol. The molecule has 0 spiro atoms. The Morgan fingerprint density at radius 3 is 2.56 bits per heavy atom. The average molecular weight is 362 g/mol. The van der Waals surface area contributed by atoms with Crippen molar-refractivity contribution in [3.8, 4) is 0 Å². The Morgan fingerprint density at radius 2 is 1.96 bits per heavy atom. The van der Waals surface area contributed by atoms with Crippen LogP contribution in [-0.4, -0.2) is 24.1 Å². The van der Waals surface area contributed by atoms with E-state index in [1.807, 2.05) is 20.8 Å². The van der Waals surface area contributed by atoms with Gasteiger partial charge in [0.15, 0.2) is 0 Å². The first-order valence-electron chi connectivity index (χ1n) is 7.99. The molecule has 7 nitrogen and oxygen atoms in total. The van der Waals surface area contributed by atoms with Gasteiger partial charge in [-0.05, 0) is 37.6 Å². The van der Waals surface area contributed by atoms with E-state index in [9.17, 15) is 13.2 Å². The van der Waals surface area contributed by atoms with Crippen molar-refractivity contribution in [2.24, 2.45) is 7.05 Å². The molecule has 8 heteroatoms. The fourth-order valence-corrected chi connectivity index (χ4v) is 4.37. The molecule has 1 aliphatic rings. The number of hydrogen-bond donors (Lipinski definition) is 2. The number of aromatic nitrogens is 2. The fourth-order valence-electron chi connectivity index (χ4n) is 3.17. The molecule has 0 saturated heterocycles. The van der Waals surface area contributed by atoms with Crippen LogP contribution in [0.15, 0.2) is 23.1 Å². The molecule has 25 heavy (non-hydrogen) atoms. The maximum absolute atomic E-state index is 12.8. The number of nitrogens with one attached hydrogen (secondary N) is 2. The summed E-state index contributed by atoms with van der Waals surface area (Å²) in [6.45, 7) is 7.44. The Labute approximate surface area is 147 Å². The van der Waals surface area contributed by atoms with Gasteiger partial charge in [-0.25, -0.2) is 8.42 Å². The SMILES string of the molecule is Cc1nn(C)c(C)c1NS(=O)(=O)c1ccc2c(c1)C(C)(C)CC(=O)N2. The van der Waals surface area contributed by atoms with Crippen LogP contribution >= 0.6 is 0 Å². The summed E-state index contributed by atoms with van der Waals surface area (Å²) in [6.07, 6.45) is 0.317. The molecule has 0 fully saturated rings. The highest BCUT2D eigenvalue weighted by atomic mass is 32.2. The van der Waals surface area contributed by atoms with Gasteiger partial charge < -0.3 is 5.32 Å². The highest BCUT2D eigenvalue weighted by Gasteiger charge is 2.33. The molecule has 2 N–H and O–H groups in total. The zero-order chi connectivity index (χ0) is 18.6. The van der Waals surface area contributed by atoms with E-state index in [0.29, 0.717) is 23.5 Å². The third kappa shape index (κ3) is 3.02. The molecule has 0 radical (unpaired) electrons. The maximum Gasteiger partial charge on any atom is 0.262 e. The van der Waals surface area contributed by atoms with Crippen molar-refractivity contribution in [1.82, 2.24) is 9.78 Å². The largest absolute Gasteiger partial charge is 0.326 e. The minimum atomic E-state index is -3.76. The normalized spacial score (nSPS) is 16.3. The number of amides is 1. The van der Waals surface area contributed by atoms with Gasteiger partial charge in [-0.3, -0.25) is 14.2 Å². The van der Waals surface area contributed by atoms with Crippen LogP contribution in [0.2, 0.25) is 0 Å². The summed E-state index contributed by atoms with van der Waals surface area (Å²) in [4.78, 5) is 12.0. The lowest BCUT2D eigenvalue weighted by atomic mass is 9.78. The number of benzene rings is 1. The summed E-state index contributed by atoms with van der Waals surface area (Å²) >= 11 is 0. The molecule has 0 aliphatic carbocycles. The summed E-state index contributed by atoms with van der Waals surface area (Å²) in [7, 11) is -1.99. The Balaban J connectivity index is 2.03.